The first-order valence-electron chi connectivity index (χ1n) is 7.21. The molecule has 0 amide bonds. The van der Waals surface area contributed by atoms with Crippen LogP contribution in [0.5, 0.6) is 5.75 Å². The summed E-state index contributed by atoms with van der Waals surface area (Å²) in [5.41, 5.74) is 1.33. The Bertz CT molecular complexity index is 720. The molecule has 4 heteroatoms. The van der Waals surface area contributed by atoms with Gasteiger partial charge in [-0.2, -0.15) is 0 Å². The van der Waals surface area contributed by atoms with Crippen molar-refractivity contribution in [1.29, 1.82) is 0 Å². The summed E-state index contributed by atoms with van der Waals surface area (Å²) in [4.78, 5) is 8.26. The van der Waals surface area contributed by atoms with Crippen molar-refractivity contribution in [2.24, 2.45) is 0 Å². The second-order valence-electron chi connectivity index (χ2n) is 5.38. The Morgan fingerprint density at radius 3 is 2.76 bits per heavy atom. The van der Waals surface area contributed by atoms with Crippen molar-refractivity contribution in [1.82, 2.24) is 14.5 Å². The van der Waals surface area contributed by atoms with Crippen LogP contribution in [0.2, 0.25) is 0 Å². The molecule has 2 heterocycles. The number of hydrogen-bond acceptors (Lipinski definition) is 3. The zero-order valence-electron chi connectivity index (χ0n) is 12.4. The summed E-state index contributed by atoms with van der Waals surface area (Å²) < 4.78 is 7.94. The van der Waals surface area contributed by atoms with Crippen LogP contribution in [-0.4, -0.2) is 21.1 Å². The predicted octanol–water partition coefficient (Wildman–Crippen LogP) is 3.63. The molecule has 0 bridgehead atoms. The van der Waals surface area contributed by atoms with Crippen molar-refractivity contribution in [3.8, 4) is 5.75 Å². The highest BCUT2D eigenvalue weighted by atomic mass is 16.5. The molecule has 0 fully saturated rings. The zero-order chi connectivity index (χ0) is 14.7. The van der Waals surface area contributed by atoms with Crippen LogP contribution >= 0.6 is 0 Å². The summed E-state index contributed by atoms with van der Waals surface area (Å²) in [5, 5.41) is 2.30. The van der Waals surface area contributed by atoms with Crippen molar-refractivity contribution in [3.05, 3.63) is 54.9 Å². The zero-order valence-corrected chi connectivity index (χ0v) is 12.4. The number of nitrogens with zero attached hydrogens (tertiary/aromatic N) is 3. The third-order valence-electron chi connectivity index (χ3n) is 3.60. The number of hydrogen-bond donors (Lipinski definition) is 0. The summed E-state index contributed by atoms with van der Waals surface area (Å²) in [7, 11) is 0. The van der Waals surface area contributed by atoms with Gasteiger partial charge in [-0.25, -0.2) is 4.98 Å². The largest absolute Gasteiger partial charge is 0.491 e. The molecule has 0 aliphatic rings. The van der Waals surface area contributed by atoms with Crippen molar-refractivity contribution in [2.45, 2.75) is 26.3 Å². The van der Waals surface area contributed by atoms with E-state index < -0.39 is 0 Å². The first-order chi connectivity index (χ1) is 10.3. The van der Waals surface area contributed by atoms with Gasteiger partial charge in [0.2, 0.25) is 0 Å². The molecule has 0 saturated heterocycles. The molecule has 3 rings (SSSR count). The topological polar surface area (TPSA) is 39.9 Å². The maximum Gasteiger partial charge on any atom is 0.128 e. The highest BCUT2D eigenvalue weighted by Crippen LogP contribution is 2.31. The van der Waals surface area contributed by atoms with Gasteiger partial charge in [0, 0.05) is 30.2 Å². The molecular formula is C17H19N3O. The number of ether oxygens (including phenoxy) is 1. The van der Waals surface area contributed by atoms with E-state index in [0.717, 1.165) is 17.7 Å². The van der Waals surface area contributed by atoms with Gasteiger partial charge in [0.05, 0.1) is 12.9 Å². The van der Waals surface area contributed by atoms with Gasteiger partial charge in [-0.3, -0.25) is 4.98 Å². The van der Waals surface area contributed by atoms with Crippen LogP contribution in [0, 0.1) is 0 Å². The molecule has 0 spiro atoms. The lowest BCUT2D eigenvalue weighted by Crippen LogP contribution is -2.07. The Morgan fingerprint density at radius 1 is 1.10 bits per heavy atom. The Morgan fingerprint density at radius 2 is 2.00 bits per heavy atom. The SMILES string of the molecule is CC(C)c1ccc(OCCn2ccnc2)c2cnccc12. The van der Waals surface area contributed by atoms with E-state index in [1.165, 1.54) is 10.9 Å². The van der Waals surface area contributed by atoms with Crippen LogP contribution in [0.3, 0.4) is 0 Å². The molecule has 0 unspecified atom stereocenters. The third kappa shape index (κ3) is 2.89. The second-order valence-corrected chi connectivity index (χ2v) is 5.38. The fraction of sp³-hybridized carbons (Fsp3) is 0.294. The molecule has 2 aromatic heterocycles. The Balaban J connectivity index is 1.84. The van der Waals surface area contributed by atoms with E-state index in [1.807, 2.05) is 29.2 Å². The molecule has 3 aromatic rings. The van der Waals surface area contributed by atoms with Gasteiger partial charge in [-0.15, -0.1) is 0 Å². The molecule has 0 saturated carbocycles. The molecule has 1 aromatic carbocycles. The lowest BCUT2D eigenvalue weighted by Gasteiger charge is -2.14. The van der Waals surface area contributed by atoms with Crippen molar-refractivity contribution >= 4 is 10.8 Å². The lowest BCUT2D eigenvalue weighted by atomic mass is 9.97. The van der Waals surface area contributed by atoms with E-state index in [1.54, 1.807) is 12.5 Å². The number of imidazole rings is 1. The Labute approximate surface area is 124 Å². The van der Waals surface area contributed by atoms with E-state index in [0.29, 0.717) is 12.5 Å². The molecule has 4 nitrogen and oxygen atoms in total. The molecule has 0 radical (unpaired) electrons. The quantitative estimate of drug-likeness (QED) is 0.717. The summed E-state index contributed by atoms with van der Waals surface area (Å²) >= 11 is 0. The number of aromatic nitrogens is 3. The minimum Gasteiger partial charge on any atom is -0.491 e. The molecule has 0 aliphatic heterocycles. The molecule has 108 valence electrons. The van der Waals surface area contributed by atoms with E-state index in [2.05, 4.69) is 35.9 Å². The van der Waals surface area contributed by atoms with Crippen molar-refractivity contribution in [2.75, 3.05) is 6.61 Å². The van der Waals surface area contributed by atoms with Crippen molar-refractivity contribution < 1.29 is 4.74 Å². The standard InChI is InChI=1S/C17H19N3O/c1-13(2)14-3-4-17(16-11-18-6-5-15(14)16)21-10-9-20-8-7-19-12-20/h3-8,11-13H,9-10H2,1-2H3. The van der Waals surface area contributed by atoms with Gasteiger partial charge in [0.15, 0.2) is 0 Å². The van der Waals surface area contributed by atoms with E-state index in [9.17, 15) is 0 Å². The van der Waals surface area contributed by atoms with Crippen LogP contribution in [0.1, 0.15) is 25.3 Å². The van der Waals surface area contributed by atoms with Gasteiger partial charge >= 0.3 is 0 Å². The lowest BCUT2D eigenvalue weighted by molar-refractivity contribution is 0.301. The fourth-order valence-electron chi connectivity index (χ4n) is 2.50. The van der Waals surface area contributed by atoms with Gasteiger partial charge in [0.25, 0.3) is 0 Å². The molecule has 0 atom stereocenters. The van der Waals surface area contributed by atoms with Gasteiger partial charge < -0.3 is 9.30 Å². The summed E-state index contributed by atoms with van der Waals surface area (Å²) in [6, 6.07) is 6.26. The molecule has 0 N–H and O–H groups in total. The van der Waals surface area contributed by atoms with Gasteiger partial charge in [-0.1, -0.05) is 19.9 Å². The summed E-state index contributed by atoms with van der Waals surface area (Å²) in [6.07, 6.45) is 9.23. The number of rotatable bonds is 5. The molecule has 21 heavy (non-hydrogen) atoms. The molecule has 0 aliphatic carbocycles. The second kappa shape index (κ2) is 5.95. The Hall–Kier alpha value is -2.36. The van der Waals surface area contributed by atoms with E-state index >= 15 is 0 Å². The number of pyridine rings is 1. The Kier molecular flexibility index (Phi) is 3.86. The maximum atomic E-state index is 5.94. The van der Waals surface area contributed by atoms with Crippen LogP contribution in [0.4, 0.5) is 0 Å². The monoisotopic (exact) mass is 281 g/mol. The van der Waals surface area contributed by atoms with Crippen molar-refractivity contribution in [3.63, 3.8) is 0 Å². The number of fused-ring (bicyclic) bond motifs is 1. The van der Waals surface area contributed by atoms with Gasteiger partial charge in [-0.05, 0) is 29.0 Å². The number of benzene rings is 1. The van der Waals surface area contributed by atoms with Gasteiger partial charge in [0.1, 0.15) is 12.4 Å². The minimum atomic E-state index is 0.481. The smallest absolute Gasteiger partial charge is 0.128 e. The fourth-order valence-corrected chi connectivity index (χ4v) is 2.50. The summed E-state index contributed by atoms with van der Waals surface area (Å²) in [5.74, 6) is 1.37. The summed E-state index contributed by atoms with van der Waals surface area (Å²) in [6.45, 7) is 5.80. The maximum absolute atomic E-state index is 5.94. The first kappa shape index (κ1) is 13.6. The van der Waals surface area contributed by atoms with Crippen LogP contribution < -0.4 is 4.74 Å². The predicted molar refractivity (Wildman–Crippen MR) is 83.6 cm³/mol. The van der Waals surface area contributed by atoms with E-state index in [4.69, 9.17) is 4.74 Å². The van der Waals surface area contributed by atoms with Crippen LogP contribution in [0.15, 0.2) is 49.3 Å². The first-order valence-corrected chi connectivity index (χ1v) is 7.21. The average Bonchev–Trinajstić information content (AvgIpc) is 3.00. The van der Waals surface area contributed by atoms with Crippen LogP contribution in [-0.2, 0) is 6.54 Å². The normalized spacial score (nSPS) is 11.2. The highest BCUT2D eigenvalue weighted by molar-refractivity contribution is 5.90. The third-order valence-corrected chi connectivity index (χ3v) is 3.60. The minimum absolute atomic E-state index is 0.481. The molecular weight excluding hydrogens is 262 g/mol. The highest BCUT2D eigenvalue weighted by Gasteiger charge is 2.09. The van der Waals surface area contributed by atoms with Crippen LogP contribution in [0.25, 0.3) is 10.8 Å². The average molecular weight is 281 g/mol. The van der Waals surface area contributed by atoms with E-state index in [-0.39, 0.29) is 0 Å².